The Morgan fingerprint density at radius 2 is 1.97 bits per heavy atom. The van der Waals surface area contributed by atoms with Gasteiger partial charge in [-0.25, -0.2) is 4.98 Å². The Morgan fingerprint density at radius 1 is 1.23 bits per heavy atom. The number of para-hydroxylation sites is 1. The van der Waals surface area contributed by atoms with Gasteiger partial charge in [0.2, 0.25) is 11.8 Å². The highest BCUT2D eigenvalue weighted by Gasteiger charge is 2.39. The summed E-state index contributed by atoms with van der Waals surface area (Å²) >= 11 is 0. The molecule has 9 heteroatoms. The molecule has 0 aliphatic carbocycles. The largest absolute Gasteiger partial charge is 0.384 e. The number of hydrogen-bond donors (Lipinski definition) is 2. The first-order chi connectivity index (χ1) is 14.4. The van der Waals surface area contributed by atoms with Crippen LogP contribution in [0.4, 0.5) is 11.5 Å². The highest BCUT2D eigenvalue weighted by Crippen LogP contribution is 2.25. The van der Waals surface area contributed by atoms with Crippen molar-refractivity contribution in [3.05, 3.63) is 54.2 Å². The van der Waals surface area contributed by atoms with Crippen molar-refractivity contribution in [3.63, 3.8) is 0 Å². The second-order valence-electron chi connectivity index (χ2n) is 7.09. The van der Waals surface area contributed by atoms with E-state index in [1.165, 1.54) is 22.9 Å². The van der Waals surface area contributed by atoms with Crippen LogP contribution in [0, 0.1) is 17.2 Å². The zero-order valence-corrected chi connectivity index (χ0v) is 16.5. The molecule has 3 amide bonds. The number of nitrogens with one attached hydrogen (secondary N) is 1. The SMILES string of the molecule is CN(CC(=O)N1CC(C(=O)Nc2ccccc2)CC1C#N)C(=O)c1cccc(N)n1. The van der Waals surface area contributed by atoms with Crippen LogP contribution in [0.5, 0.6) is 0 Å². The van der Waals surface area contributed by atoms with Crippen molar-refractivity contribution in [1.29, 1.82) is 5.26 Å². The van der Waals surface area contributed by atoms with E-state index in [0.717, 1.165) is 0 Å². The topological polar surface area (TPSA) is 132 Å². The summed E-state index contributed by atoms with van der Waals surface area (Å²) < 4.78 is 0. The lowest BCUT2D eigenvalue weighted by atomic mass is 10.1. The Bertz CT molecular complexity index is 988. The average Bonchev–Trinajstić information content (AvgIpc) is 3.19. The quantitative estimate of drug-likeness (QED) is 0.764. The van der Waals surface area contributed by atoms with E-state index in [1.54, 1.807) is 36.4 Å². The van der Waals surface area contributed by atoms with Crippen LogP contribution in [0.1, 0.15) is 16.9 Å². The van der Waals surface area contributed by atoms with Gasteiger partial charge in [-0.2, -0.15) is 5.26 Å². The van der Waals surface area contributed by atoms with Crippen LogP contribution < -0.4 is 11.1 Å². The molecule has 0 saturated carbocycles. The summed E-state index contributed by atoms with van der Waals surface area (Å²) in [5.74, 6) is -1.41. The first-order valence-corrected chi connectivity index (χ1v) is 9.42. The number of benzene rings is 1. The van der Waals surface area contributed by atoms with Crippen molar-refractivity contribution < 1.29 is 14.4 Å². The molecule has 0 radical (unpaired) electrons. The van der Waals surface area contributed by atoms with Crippen molar-refractivity contribution in [3.8, 4) is 6.07 Å². The van der Waals surface area contributed by atoms with Crippen LogP contribution in [0.2, 0.25) is 0 Å². The number of likely N-dealkylation sites (tertiary alicyclic amines) is 1. The first-order valence-electron chi connectivity index (χ1n) is 9.42. The number of nitrogens with zero attached hydrogens (tertiary/aromatic N) is 4. The van der Waals surface area contributed by atoms with Gasteiger partial charge in [0, 0.05) is 19.3 Å². The van der Waals surface area contributed by atoms with Gasteiger partial charge in [-0.3, -0.25) is 14.4 Å². The molecule has 0 spiro atoms. The van der Waals surface area contributed by atoms with Gasteiger partial charge < -0.3 is 20.9 Å². The highest BCUT2D eigenvalue weighted by atomic mass is 16.2. The second kappa shape index (κ2) is 9.05. The zero-order valence-electron chi connectivity index (χ0n) is 16.5. The standard InChI is InChI=1S/C21H22N6O3/c1-26(21(30)17-8-5-9-18(23)25-17)13-19(28)27-12-14(10-16(27)11-22)20(29)24-15-6-3-2-4-7-15/h2-9,14,16H,10,12-13H2,1H3,(H2,23,25)(H,24,29). The molecule has 3 rings (SSSR count). The minimum Gasteiger partial charge on any atom is -0.384 e. The van der Waals surface area contributed by atoms with E-state index in [9.17, 15) is 19.6 Å². The number of aromatic nitrogens is 1. The van der Waals surface area contributed by atoms with Crippen molar-refractivity contribution in [2.75, 3.05) is 31.2 Å². The summed E-state index contributed by atoms with van der Waals surface area (Å²) in [6.45, 7) is -0.116. The fourth-order valence-electron chi connectivity index (χ4n) is 3.32. The molecular weight excluding hydrogens is 384 g/mol. The number of carbonyl (C=O) groups is 3. The van der Waals surface area contributed by atoms with E-state index < -0.39 is 23.8 Å². The molecule has 1 fully saturated rings. The Morgan fingerprint density at radius 3 is 2.63 bits per heavy atom. The van der Waals surface area contributed by atoms with Gasteiger partial charge in [0.05, 0.1) is 18.5 Å². The minimum absolute atomic E-state index is 0.119. The summed E-state index contributed by atoms with van der Waals surface area (Å²) in [6.07, 6.45) is 0.245. The van der Waals surface area contributed by atoms with E-state index in [-0.39, 0.29) is 36.9 Å². The molecule has 1 aromatic heterocycles. The molecule has 0 bridgehead atoms. The van der Waals surface area contributed by atoms with Crippen LogP contribution in [-0.4, -0.2) is 58.7 Å². The predicted octanol–water partition coefficient (Wildman–Crippen LogP) is 1.12. The van der Waals surface area contributed by atoms with Crippen molar-refractivity contribution >= 4 is 29.2 Å². The molecule has 1 aliphatic heterocycles. The molecule has 2 atom stereocenters. The van der Waals surface area contributed by atoms with Gasteiger partial charge in [0.15, 0.2) is 0 Å². The van der Waals surface area contributed by atoms with Crippen LogP contribution in [0.25, 0.3) is 0 Å². The number of nitrogen functional groups attached to an aromatic ring is 1. The Hall–Kier alpha value is -3.93. The third-order valence-electron chi connectivity index (χ3n) is 4.89. The van der Waals surface area contributed by atoms with Gasteiger partial charge in [-0.05, 0) is 30.7 Å². The number of nitrogens with two attached hydrogens (primary N) is 1. The maximum absolute atomic E-state index is 12.8. The summed E-state index contributed by atoms with van der Waals surface area (Å²) in [5, 5.41) is 12.2. The summed E-state index contributed by atoms with van der Waals surface area (Å²) in [5.41, 5.74) is 6.38. The third-order valence-corrected chi connectivity index (χ3v) is 4.89. The molecule has 1 aliphatic rings. The highest BCUT2D eigenvalue weighted by molar-refractivity contribution is 5.96. The van der Waals surface area contributed by atoms with E-state index in [4.69, 9.17) is 5.73 Å². The van der Waals surface area contributed by atoms with E-state index in [0.29, 0.717) is 5.69 Å². The van der Waals surface area contributed by atoms with Gasteiger partial charge in [-0.15, -0.1) is 0 Å². The molecule has 2 aromatic rings. The summed E-state index contributed by atoms with van der Waals surface area (Å²) in [6, 6.07) is 15.0. The van der Waals surface area contributed by atoms with Crippen molar-refractivity contribution in [2.24, 2.45) is 5.92 Å². The minimum atomic E-state index is -0.724. The zero-order chi connectivity index (χ0) is 21.7. The smallest absolute Gasteiger partial charge is 0.272 e. The normalized spacial score (nSPS) is 17.8. The van der Waals surface area contributed by atoms with Crippen LogP contribution >= 0.6 is 0 Å². The molecule has 9 nitrogen and oxygen atoms in total. The van der Waals surface area contributed by atoms with Gasteiger partial charge >= 0.3 is 0 Å². The second-order valence-corrected chi connectivity index (χ2v) is 7.09. The molecular formula is C21H22N6O3. The predicted molar refractivity (Wildman–Crippen MR) is 110 cm³/mol. The number of carbonyl (C=O) groups excluding carboxylic acids is 3. The van der Waals surface area contributed by atoms with Crippen LogP contribution in [0.3, 0.4) is 0 Å². The fourth-order valence-corrected chi connectivity index (χ4v) is 3.32. The first kappa shape index (κ1) is 20.8. The monoisotopic (exact) mass is 406 g/mol. The molecule has 2 unspecified atom stereocenters. The van der Waals surface area contributed by atoms with Gasteiger partial charge in [0.25, 0.3) is 5.91 Å². The molecule has 3 N–H and O–H groups in total. The molecule has 1 aromatic carbocycles. The van der Waals surface area contributed by atoms with E-state index in [1.807, 2.05) is 6.07 Å². The van der Waals surface area contributed by atoms with Gasteiger partial charge in [0.1, 0.15) is 17.6 Å². The summed E-state index contributed by atoms with van der Waals surface area (Å²) in [4.78, 5) is 44.3. The number of rotatable bonds is 5. The Labute approximate surface area is 174 Å². The van der Waals surface area contributed by atoms with Gasteiger partial charge in [-0.1, -0.05) is 24.3 Å². The maximum Gasteiger partial charge on any atom is 0.272 e. The number of amides is 3. The lowest BCUT2D eigenvalue weighted by Crippen LogP contribution is -2.43. The van der Waals surface area contributed by atoms with E-state index >= 15 is 0 Å². The molecule has 1 saturated heterocycles. The number of hydrogen-bond acceptors (Lipinski definition) is 6. The van der Waals surface area contributed by atoms with Crippen LogP contribution in [0.15, 0.2) is 48.5 Å². The average molecular weight is 406 g/mol. The number of likely N-dealkylation sites (N-methyl/N-ethyl adjacent to an activating group) is 1. The van der Waals surface area contributed by atoms with E-state index in [2.05, 4.69) is 16.4 Å². The number of anilines is 2. The molecule has 154 valence electrons. The van der Waals surface area contributed by atoms with Crippen molar-refractivity contribution in [2.45, 2.75) is 12.5 Å². The Balaban J connectivity index is 1.62. The molecule has 2 heterocycles. The third kappa shape index (κ3) is 4.72. The maximum atomic E-state index is 12.8. The molecule has 30 heavy (non-hydrogen) atoms. The number of nitriles is 1. The fraction of sp³-hybridized carbons (Fsp3) is 0.286. The summed E-state index contributed by atoms with van der Waals surface area (Å²) in [7, 11) is 1.47. The van der Waals surface area contributed by atoms with Crippen molar-refractivity contribution in [1.82, 2.24) is 14.8 Å². The lowest BCUT2D eigenvalue weighted by molar-refractivity contribution is -0.131. The lowest BCUT2D eigenvalue weighted by Gasteiger charge is -2.23. The van der Waals surface area contributed by atoms with Crippen LogP contribution in [-0.2, 0) is 9.59 Å². The number of pyridine rings is 1. The Kier molecular flexibility index (Phi) is 6.27.